The Morgan fingerprint density at radius 2 is 1.91 bits per heavy atom. The standard InChI is InChI=1S/C27H26N2O3S/c1-18-14-19(2)25-24(15-18)33-27(28-25)29(17-23-12-7-13-31-23)26(30)20-8-6-11-22(16-20)32-21-9-4-3-5-10-21/h3-6,8-11,14-16,23H,7,12-13,17H2,1-2H3. The van der Waals surface area contributed by atoms with Gasteiger partial charge in [0.05, 0.1) is 22.9 Å². The van der Waals surface area contributed by atoms with Gasteiger partial charge in [0, 0.05) is 12.2 Å². The van der Waals surface area contributed by atoms with Gasteiger partial charge in [0.2, 0.25) is 0 Å². The molecule has 0 aliphatic carbocycles. The molecule has 0 bridgehead atoms. The summed E-state index contributed by atoms with van der Waals surface area (Å²) in [6.07, 6.45) is 1.99. The molecular formula is C27H26N2O3S. The molecule has 5 rings (SSSR count). The number of benzene rings is 3. The molecule has 0 radical (unpaired) electrons. The van der Waals surface area contributed by atoms with Gasteiger partial charge in [-0.15, -0.1) is 0 Å². The molecule has 2 heterocycles. The molecule has 1 saturated heterocycles. The number of rotatable bonds is 6. The third kappa shape index (κ3) is 4.77. The van der Waals surface area contributed by atoms with Gasteiger partial charge in [-0.05, 0) is 74.2 Å². The van der Waals surface area contributed by atoms with Crippen molar-refractivity contribution >= 4 is 32.6 Å². The Morgan fingerprint density at radius 3 is 2.70 bits per heavy atom. The Labute approximate surface area is 197 Å². The number of para-hydroxylation sites is 1. The molecule has 0 spiro atoms. The number of hydrogen-bond donors (Lipinski definition) is 0. The summed E-state index contributed by atoms with van der Waals surface area (Å²) in [5.74, 6) is 1.26. The third-order valence-electron chi connectivity index (χ3n) is 5.76. The predicted octanol–water partition coefficient (Wildman–Crippen LogP) is 6.53. The molecule has 0 saturated carbocycles. The lowest BCUT2D eigenvalue weighted by Gasteiger charge is -2.23. The fourth-order valence-electron chi connectivity index (χ4n) is 4.19. The number of fused-ring (bicyclic) bond motifs is 1. The van der Waals surface area contributed by atoms with Crippen LogP contribution in [0.3, 0.4) is 0 Å². The van der Waals surface area contributed by atoms with E-state index in [1.54, 1.807) is 22.3 Å². The number of aromatic nitrogens is 1. The summed E-state index contributed by atoms with van der Waals surface area (Å²) in [7, 11) is 0. The van der Waals surface area contributed by atoms with Crippen LogP contribution in [0.25, 0.3) is 10.2 Å². The second kappa shape index (κ2) is 9.33. The summed E-state index contributed by atoms with van der Waals surface area (Å²) < 4.78 is 12.9. The third-order valence-corrected chi connectivity index (χ3v) is 6.79. The van der Waals surface area contributed by atoms with Gasteiger partial charge in [0.15, 0.2) is 5.13 Å². The van der Waals surface area contributed by atoms with Crippen molar-refractivity contribution in [2.24, 2.45) is 0 Å². The minimum atomic E-state index is -0.0996. The quantitative estimate of drug-likeness (QED) is 0.330. The van der Waals surface area contributed by atoms with Crippen LogP contribution in [0.5, 0.6) is 11.5 Å². The molecule has 3 aromatic carbocycles. The van der Waals surface area contributed by atoms with Crippen molar-refractivity contribution in [3.63, 3.8) is 0 Å². The van der Waals surface area contributed by atoms with Gasteiger partial charge in [-0.2, -0.15) is 0 Å². The molecule has 1 aliphatic rings. The Hall–Kier alpha value is -3.22. The van der Waals surface area contributed by atoms with E-state index in [1.165, 1.54) is 5.56 Å². The van der Waals surface area contributed by atoms with Gasteiger partial charge in [-0.25, -0.2) is 4.98 Å². The van der Waals surface area contributed by atoms with E-state index >= 15 is 0 Å². The van der Waals surface area contributed by atoms with Crippen LogP contribution in [0, 0.1) is 13.8 Å². The van der Waals surface area contributed by atoms with Crippen LogP contribution >= 0.6 is 11.3 Å². The highest BCUT2D eigenvalue weighted by atomic mass is 32.1. The van der Waals surface area contributed by atoms with Crippen LogP contribution in [0.4, 0.5) is 5.13 Å². The monoisotopic (exact) mass is 458 g/mol. The number of amides is 1. The van der Waals surface area contributed by atoms with Crippen molar-refractivity contribution in [2.75, 3.05) is 18.1 Å². The maximum Gasteiger partial charge on any atom is 0.260 e. The highest BCUT2D eigenvalue weighted by molar-refractivity contribution is 7.22. The second-order valence-electron chi connectivity index (χ2n) is 8.42. The molecule has 168 valence electrons. The molecule has 0 N–H and O–H groups in total. The Morgan fingerprint density at radius 1 is 1.09 bits per heavy atom. The summed E-state index contributed by atoms with van der Waals surface area (Å²) in [6, 6.07) is 21.2. The van der Waals surface area contributed by atoms with Gasteiger partial charge < -0.3 is 9.47 Å². The fraction of sp³-hybridized carbons (Fsp3) is 0.259. The van der Waals surface area contributed by atoms with E-state index in [2.05, 4.69) is 26.0 Å². The molecule has 5 nitrogen and oxygen atoms in total. The van der Waals surface area contributed by atoms with Crippen molar-refractivity contribution in [1.29, 1.82) is 0 Å². The predicted molar refractivity (Wildman–Crippen MR) is 133 cm³/mol. The van der Waals surface area contributed by atoms with E-state index < -0.39 is 0 Å². The lowest BCUT2D eigenvalue weighted by Crippen LogP contribution is -2.37. The smallest absolute Gasteiger partial charge is 0.260 e. The number of ether oxygens (including phenoxy) is 2. The minimum absolute atomic E-state index is 0.0209. The zero-order valence-electron chi connectivity index (χ0n) is 18.8. The summed E-state index contributed by atoms with van der Waals surface area (Å²) >= 11 is 1.55. The SMILES string of the molecule is Cc1cc(C)c2nc(N(CC3CCCO3)C(=O)c3cccc(Oc4ccccc4)c3)sc2c1. The van der Waals surface area contributed by atoms with Crippen molar-refractivity contribution in [1.82, 2.24) is 4.98 Å². The Bertz CT molecular complexity index is 1280. The van der Waals surface area contributed by atoms with Crippen molar-refractivity contribution in [3.05, 3.63) is 83.4 Å². The van der Waals surface area contributed by atoms with E-state index in [0.717, 1.165) is 41.0 Å². The molecule has 1 fully saturated rings. The van der Waals surface area contributed by atoms with Crippen LogP contribution < -0.4 is 9.64 Å². The van der Waals surface area contributed by atoms with Gasteiger partial charge in [-0.1, -0.05) is 41.7 Å². The van der Waals surface area contributed by atoms with Gasteiger partial charge in [0.25, 0.3) is 5.91 Å². The van der Waals surface area contributed by atoms with Crippen LogP contribution in [0.15, 0.2) is 66.7 Å². The largest absolute Gasteiger partial charge is 0.457 e. The van der Waals surface area contributed by atoms with Gasteiger partial charge >= 0.3 is 0 Å². The minimum Gasteiger partial charge on any atom is -0.457 e. The van der Waals surface area contributed by atoms with Gasteiger partial charge in [-0.3, -0.25) is 9.69 Å². The first-order valence-corrected chi connectivity index (χ1v) is 12.0. The number of nitrogens with zero attached hydrogens (tertiary/aromatic N) is 2. The van der Waals surface area contributed by atoms with Crippen LogP contribution in [-0.2, 0) is 4.74 Å². The number of anilines is 1. The van der Waals surface area contributed by atoms with Crippen LogP contribution in [-0.4, -0.2) is 30.1 Å². The van der Waals surface area contributed by atoms with Crippen molar-refractivity contribution < 1.29 is 14.3 Å². The van der Waals surface area contributed by atoms with Crippen LogP contribution in [0.1, 0.15) is 34.3 Å². The van der Waals surface area contributed by atoms with E-state index in [-0.39, 0.29) is 12.0 Å². The van der Waals surface area contributed by atoms with Crippen molar-refractivity contribution in [2.45, 2.75) is 32.8 Å². The van der Waals surface area contributed by atoms with E-state index in [0.29, 0.717) is 23.0 Å². The normalized spacial score (nSPS) is 15.6. The summed E-state index contributed by atoms with van der Waals surface area (Å²) in [4.78, 5) is 20.4. The number of thiazole rings is 1. The molecule has 1 aliphatic heterocycles. The first kappa shape index (κ1) is 21.6. The summed E-state index contributed by atoms with van der Waals surface area (Å²) in [5.41, 5.74) is 3.83. The average molecular weight is 459 g/mol. The molecular weight excluding hydrogens is 432 g/mol. The molecule has 1 amide bonds. The number of hydrogen-bond acceptors (Lipinski definition) is 5. The number of carbonyl (C=O) groups is 1. The maximum atomic E-state index is 13.7. The highest BCUT2D eigenvalue weighted by Crippen LogP contribution is 2.33. The summed E-state index contributed by atoms with van der Waals surface area (Å²) in [5, 5.41) is 0.702. The Kier molecular flexibility index (Phi) is 6.11. The Balaban J connectivity index is 1.48. The first-order valence-electron chi connectivity index (χ1n) is 11.2. The van der Waals surface area contributed by atoms with E-state index in [4.69, 9.17) is 14.5 Å². The zero-order chi connectivity index (χ0) is 22.8. The molecule has 6 heteroatoms. The topological polar surface area (TPSA) is 51.7 Å². The molecule has 1 unspecified atom stereocenters. The molecule has 4 aromatic rings. The fourth-order valence-corrected chi connectivity index (χ4v) is 5.34. The van der Waals surface area contributed by atoms with E-state index in [1.807, 2.05) is 48.5 Å². The average Bonchev–Trinajstić information content (AvgIpc) is 3.48. The zero-order valence-corrected chi connectivity index (χ0v) is 19.6. The lowest BCUT2D eigenvalue weighted by atomic mass is 10.1. The van der Waals surface area contributed by atoms with E-state index in [9.17, 15) is 4.79 Å². The lowest BCUT2D eigenvalue weighted by molar-refractivity contribution is 0.0917. The van der Waals surface area contributed by atoms with Crippen LogP contribution in [0.2, 0.25) is 0 Å². The van der Waals surface area contributed by atoms with Crippen molar-refractivity contribution in [3.8, 4) is 11.5 Å². The maximum absolute atomic E-state index is 13.7. The highest BCUT2D eigenvalue weighted by Gasteiger charge is 2.27. The number of carbonyl (C=O) groups excluding carboxylic acids is 1. The molecule has 33 heavy (non-hydrogen) atoms. The van der Waals surface area contributed by atoms with Gasteiger partial charge in [0.1, 0.15) is 11.5 Å². The molecule has 1 aromatic heterocycles. The summed E-state index contributed by atoms with van der Waals surface area (Å²) in [6.45, 7) is 5.38. The molecule has 1 atom stereocenters. The first-order chi connectivity index (χ1) is 16.1. The second-order valence-corrected chi connectivity index (χ2v) is 9.43. The number of aryl methyl sites for hydroxylation is 2.